The molecule has 1 aliphatic heterocycles. The second-order valence-corrected chi connectivity index (χ2v) is 5.49. The molecule has 0 spiro atoms. The van der Waals surface area contributed by atoms with Gasteiger partial charge in [-0.3, -0.25) is 4.79 Å². The molecule has 20 heavy (non-hydrogen) atoms. The molecule has 0 aromatic heterocycles. The summed E-state index contributed by atoms with van der Waals surface area (Å²) in [4.78, 5) is 11.9. The van der Waals surface area contributed by atoms with E-state index in [4.69, 9.17) is 16.9 Å². The largest absolute Gasteiger partial charge is 0.325 e. The van der Waals surface area contributed by atoms with Gasteiger partial charge in [0.1, 0.15) is 0 Å². The van der Waals surface area contributed by atoms with Gasteiger partial charge in [-0.05, 0) is 56.5 Å². The zero-order chi connectivity index (χ0) is 14.4. The standard InChI is InChI=1S/C15H18ClN3O/c16-13-3-1-12(10-17)9-14(13)19-15(20)4-2-11-5-7-18-8-6-11/h1,3,9,11,18H,2,4-8H2,(H,19,20). The minimum absolute atomic E-state index is 0.0412. The second kappa shape index (κ2) is 7.28. The summed E-state index contributed by atoms with van der Waals surface area (Å²) in [6.45, 7) is 2.09. The van der Waals surface area contributed by atoms with Gasteiger partial charge in [0.2, 0.25) is 5.91 Å². The Morgan fingerprint density at radius 1 is 1.45 bits per heavy atom. The van der Waals surface area contributed by atoms with Gasteiger partial charge < -0.3 is 10.6 Å². The molecular formula is C15H18ClN3O. The van der Waals surface area contributed by atoms with Crippen molar-refractivity contribution in [2.75, 3.05) is 18.4 Å². The van der Waals surface area contributed by atoms with Crippen LogP contribution in [-0.4, -0.2) is 19.0 Å². The molecule has 0 atom stereocenters. The van der Waals surface area contributed by atoms with Crippen LogP contribution in [0.3, 0.4) is 0 Å². The maximum atomic E-state index is 11.9. The number of halogens is 1. The van der Waals surface area contributed by atoms with Crippen molar-refractivity contribution in [3.63, 3.8) is 0 Å². The number of hydrogen-bond donors (Lipinski definition) is 2. The number of carbonyl (C=O) groups is 1. The van der Waals surface area contributed by atoms with Crippen molar-refractivity contribution in [3.05, 3.63) is 28.8 Å². The number of piperidine rings is 1. The van der Waals surface area contributed by atoms with Gasteiger partial charge in [-0.25, -0.2) is 0 Å². The van der Waals surface area contributed by atoms with Crippen molar-refractivity contribution in [1.29, 1.82) is 5.26 Å². The Bertz CT molecular complexity index is 518. The first-order chi connectivity index (χ1) is 9.69. The molecule has 2 N–H and O–H groups in total. The maximum absolute atomic E-state index is 11.9. The highest BCUT2D eigenvalue weighted by Gasteiger charge is 2.15. The summed E-state index contributed by atoms with van der Waals surface area (Å²) in [7, 11) is 0. The van der Waals surface area contributed by atoms with E-state index < -0.39 is 0 Å². The van der Waals surface area contributed by atoms with Gasteiger partial charge in [0, 0.05) is 6.42 Å². The third-order valence-corrected chi connectivity index (χ3v) is 3.94. The molecule has 0 unspecified atom stereocenters. The van der Waals surface area contributed by atoms with Crippen LogP contribution in [0.1, 0.15) is 31.2 Å². The minimum atomic E-state index is -0.0412. The normalized spacial score (nSPS) is 15.6. The summed E-state index contributed by atoms with van der Waals surface area (Å²) in [6.07, 6.45) is 3.68. The van der Waals surface area contributed by atoms with Gasteiger partial charge >= 0.3 is 0 Å². The van der Waals surface area contributed by atoms with E-state index in [-0.39, 0.29) is 5.91 Å². The number of rotatable bonds is 4. The highest BCUT2D eigenvalue weighted by atomic mass is 35.5. The maximum Gasteiger partial charge on any atom is 0.224 e. The Hall–Kier alpha value is -1.57. The van der Waals surface area contributed by atoms with Crippen LogP contribution in [0.25, 0.3) is 0 Å². The first-order valence-electron chi connectivity index (χ1n) is 6.89. The number of nitrogens with zero attached hydrogens (tertiary/aromatic N) is 1. The second-order valence-electron chi connectivity index (χ2n) is 5.09. The Balaban J connectivity index is 1.86. The molecule has 0 bridgehead atoms. The number of benzene rings is 1. The molecule has 1 aromatic rings. The topological polar surface area (TPSA) is 64.9 Å². The van der Waals surface area contributed by atoms with E-state index in [2.05, 4.69) is 10.6 Å². The monoisotopic (exact) mass is 291 g/mol. The van der Waals surface area contributed by atoms with Crippen molar-refractivity contribution in [3.8, 4) is 6.07 Å². The van der Waals surface area contributed by atoms with Crippen LogP contribution in [0.4, 0.5) is 5.69 Å². The third kappa shape index (κ3) is 4.22. The van der Waals surface area contributed by atoms with Crippen LogP contribution < -0.4 is 10.6 Å². The van der Waals surface area contributed by atoms with Gasteiger partial charge in [0.15, 0.2) is 0 Å². The minimum Gasteiger partial charge on any atom is -0.325 e. The molecule has 1 heterocycles. The fraction of sp³-hybridized carbons (Fsp3) is 0.467. The van der Waals surface area contributed by atoms with Crippen LogP contribution >= 0.6 is 11.6 Å². The zero-order valence-electron chi connectivity index (χ0n) is 11.3. The molecule has 5 heteroatoms. The summed E-state index contributed by atoms with van der Waals surface area (Å²) in [5, 5.41) is 15.4. The Morgan fingerprint density at radius 2 is 2.20 bits per heavy atom. The SMILES string of the molecule is N#Cc1ccc(Cl)c(NC(=O)CCC2CCNCC2)c1. The molecule has 1 saturated heterocycles. The third-order valence-electron chi connectivity index (χ3n) is 3.61. The summed E-state index contributed by atoms with van der Waals surface area (Å²) in [5.41, 5.74) is 1.00. The lowest BCUT2D eigenvalue weighted by Crippen LogP contribution is -2.28. The average molecular weight is 292 g/mol. The molecule has 2 rings (SSSR count). The van der Waals surface area contributed by atoms with E-state index in [1.165, 1.54) is 0 Å². The molecule has 1 aliphatic rings. The van der Waals surface area contributed by atoms with Crippen LogP contribution in [0, 0.1) is 17.2 Å². The molecular weight excluding hydrogens is 274 g/mol. The Morgan fingerprint density at radius 3 is 2.90 bits per heavy atom. The fourth-order valence-corrected chi connectivity index (χ4v) is 2.57. The summed E-state index contributed by atoms with van der Waals surface area (Å²) in [6, 6.07) is 6.90. The molecule has 106 valence electrons. The van der Waals surface area contributed by atoms with E-state index in [0.717, 1.165) is 32.4 Å². The summed E-state index contributed by atoms with van der Waals surface area (Å²) < 4.78 is 0. The van der Waals surface area contributed by atoms with Crippen LogP contribution in [0.5, 0.6) is 0 Å². The van der Waals surface area contributed by atoms with Crippen molar-refractivity contribution in [2.45, 2.75) is 25.7 Å². The van der Waals surface area contributed by atoms with Crippen LogP contribution in [-0.2, 0) is 4.79 Å². The highest BCUT2D eigenvalue weighted by Crippen LogP contribution is 2.24. The fourth-order valence-electron chi connectivity index (χ4n) is 2.41. The van der Waals surface area contributed by atoms with E-state index in [0.29, 0.717) is 28.6 Å². The van der Waals surface area contributed by atoms with Gasteiger partial charge in [-0.2, -0.15) is 5.26 Å². The first-order valence-corrected chi connectivity index (χ1v) is 7.27. The van der Waals surface area contributed by atoms with Gasteiger partial charge in [-0.15, -0.1) is 0 Å². The quantitative estimate of drug-likeness (QED) is 0.896. The summed E-state index contributed by atoms with van der Waals surface area (Å²) >= 11 is 6.01. The number of anilines is 1. The molecule has 0 radical (unpaired) electrons. The van der Waals surface area contributed by atoms with E-state index >= 15 is 0 Å². The van der Waals surface area contributed by atoms with Crippen molar-refractivity contribution < 1.29 is 4.79 Å². The number of amides is 1. The predicted octanol–water partition coefficient (Wildman–Crippen LogP) is 2.93. The smallest absolute Gasteiger partial charge is 0.224 e. The number of hydrogen-bond acceptors (Lipinski definition) is 3. The first kappa shape index (κ1) is 14.8. The number of carbonyl (C=O) groups excluding carboxylic acids is 1. The lowest BCUT2D eigenvalue weighted by molar-refractivity contribution is -0.116. The van der Waals surface area contributed by atoms with Gasteiger partial charge in [0.05, 0.1) is 22.3 Å². The molecule has 1 fully saturated rings. The van der Waals surface area contributed by atoms with Crippen LogP contribution in [0.2, 0.25) is 5.02 Å². The summed E-state index contributed by atoms with van der Waals surface area (Å²) in [5.74, 6) is 0.587. The van der Waals surface area contributed by atoms with Crippen LogP contribution in [0.15, 0.2) is 18.2 Å². The molecule has 0 saturated carbocycles. The van der Waals surface area contributed by atoms with Gasteiger partial charge in [-0.1, -0.05) is 11.6 Å². The lowest BCUT2D eigenvalue weighted by atomic mass is 9.93. The van der Waals surface area contributed by atoms with Gasteiger partial charge in [0.25, 0.3) is 0 Å². The molecule has 4 nitrogen and oxygen atoms in total. The molecule has 1 aromatic carbocycles. The molecule has 1 amide bonds. The lowest BCUT2D eigenvalue weighted by Gasteiger charge is -2.22. The number of nitrogens with one attached hydrogen (secondary N) is 2. The van der Waals surface area contributed by atoms with Crippen molar-refractivity contribution in [2.24, 2.45) is 5.92 Å². The molecule has 0 aliphatic carbocycles. The van der Waals surface area contributed by atoms with E-state index in [9.17, 15) is 4.79 Å². The van der Waals surface area contributed by atoms with E-state index in [1.807, 2.05) is 6.07 Å². The predicted molar refractivity (Wildman–Crippen MR) is 79.6 cm³/mol. The zero-order valence-corrected chi connectivity index (χ0v) is 12.0. The Labute approximate surface area is 124 Å². The highest BCUT2D eigenvalue weighted by molar-refractivity contribution is 6.33. The van der Waals surface area contributed by atoms with E-state index in [1.54, 1.807) is 18.2 Å². The number of nitriles is 1. The Kier molecular flexibility index (Phi) is 5.40. The average Bonchev–Trinajstić information content (AvgIpc) is 2.48. The van der Waals surface area contributed by atoms with Crippen molar-refractivity contribution in [1.82, 2.24) is 5.32 Å². The van der Waals surface area contributed by atoms with Crippen molar-refractivity contribution >= 4 is 23.2 Å².